The van der Waals surface area contributed by atoms with Gasteiger partial charge in [0.1, 0.15) is 5.75 Å². The van der Waals surface area contributed by atoms with Gasteiger partial charge in [0.25, 0.3) is 0 Å². The van der Waals surface area contributed by atoms with Gasteiger partial charge >= 0.3 is 0 Å². The summed E-state index contributed by atoms with van der Waals surface area (Å²) in [4.78, 5) is 0. The first-order valence-corrected chi connectivity index (χ1v) is 6.48. The van der Waals surface area contributed by atoms with Gasteiger partial charge in [0.15, 0.2) is 0 Å². The number of rotatable bonds is 3. The van der Waals surface area contributed by atoms with Gasteiger partial charge in [0.2, 0.25) is 0 Å². The Morgan fingerprint density at radius 3 is 3.06 bits per heavy atom. The van der Waals surface area contributed by atoms with Crippen LogP contribution in [0.25, 0.3) is 0 Å². The first-order chi connectivity index (χ1) is 8.36. The molecule has 2 N–H and O–H groups in total. The van der Waals surface area contributed by atoms with Crippen LogP contribution in [-0.4, -0.2) is 30.9 Å². The zero-order chi connectivity index (χ0) is 11.7. The van der Waals surface area contributed by atoms with Crippen molar-refractivity contribution in [3.8, 4) is 5.75 Å². The number of aliphatic hydroxyl groups excluding tert-OH is 1. The molecule has 2 aliphatic rings. The third-order valence-electron chi connectivity index (χ3n) is 3.78. The second-order valence-electron chi connectivity index (χ2n) is 4.94. The van der Waals surface area contributed by atoms with Gasteiger partial charge in [-0.1, -0.05) is 6.07 Å². The summed E-state index contributed by atoms with van der Waals surface area (Å²) in [6.45, 7) is 1.75. The summed E-state index contributed by atoms with van der Waals surface area (Å²) >= 11 is 0. The quantitative estimate of drug-likeness (QED) is 0.820. The van der Waals surface area contributed by atoms with E-state index >= 15 is 0 Å². The SMILES string of the molecule is OCCNC1CCc2cc3c(cc2C1)OCC3. The number of nitrogens with one attached hydrogen (secondary N) is 1. The van der Waals surface area contributed by atoms with Crippen molar-refractivity contribution in [3.63, 3.8) is 0 Å². The lowest BCUT2D eigenvalue weighted by atomic mass is 9.87. The first-order valence-electron chi connectivity index (χ1n) is 6.48. The third-order valence-corrected chi connectivity index (χ3v) is 3.78. The standard InChI is InChI=1S/C14H19NO2/c16-5-4-15-13-2-1-10-7-11-3-6-17-14(11)9-12(10)8-13/h7,9,13,15-16H,1-6,8H2. The summed E-state index contributed by atoms with van der Waals surface area (Å²) in [5, 5.41) is 12.2. The maximum absolute atomic E-state index is 8.84. The van der Waals surface area contributed by atoms with E-state index in [0.717, 1.165) is 31.6 Å². The smallest absolute Gasteiger partial charge is 0.122 e. The molecule has 1 aliphatic carbocycles. The maximum atomic E-state index is 8.84. The van der Waals surface area contributed by atoms with Gasteiger partial charge in [0, 0.05) is 19.0 Å². The number of hydrogen-bond donors (Lipinski definition) is 2. The normalized spacial score (nSPS) is 21.8. The van der Waals surface area contributed by atoms with E-state index in [2.05, 4.69) is 17.4 Å². The molecule has 1 heterocycles. The number of aryl methyl sites for hydroxylation is 1. The highest BCUT2D eigenvalue weighted by Crippen LogP contribution is 2.32. The van der Waals surface area contributed by atoms with Gasteiger partial charge in [-0.15, -0.1) is 0 Å². The zero-order valence-corrected chi connectivity index (χ0v) is 10.0. The molecule has 17 heavy (non-hydrogen) atoms. The van der Waals surface area contributed by atoms with Crippen molar-refractivity contribution in [2.75, 3.05) is 19.8 Å². The lowest BCUT2D eigenvalue weighted by Crippen LogP contribution is -2.36. The average Bonchev–Trinajstić information content (AvgIpc) is 2.80. The number of fused-ring (bicyclic) bond motifs is 2. The minimum Gasteiger partial charge on any atom is -0.493 e. The lowest BCUT2D eigenvalue weighted by Gasteiger charge is -2.26. The van der Waals surface area contributed by atoms with Gasteiger partial charge < -0.3 is 15.2 Å². The molecule has 1 unspecified atom stereocenters. The second kappa shape index (κ2) is 4.67. The van der Waals surface area contributed by atoms with E-state index < -0.39 is 0 Å². The fraction of sp³-hybridized carbons (Fsp3) is 0.571. The molecule has 0 fully saturated rings. The number of aliphatic hydroxyl groups is 1. The minimum absolute atomic E-state index is 0.219. The fourth-order valence-corrected chi connectivity index (χ4v) is 2.88. The molecule has 0 spiro atoms. The van der Waals surface area contributed by atoms with Crippen LogP contribution in [0.15, 0.2) is 12.1 Å². The van der Waals surface area contributed by atoms with Gasteiger partial charge in [-0.3, -0.25) is 0 Å². The predicted octanol–water partition coefficient (Wildman–Crippen LogP) is 1.06. The number of hydrogen-bond acceptors (Lipinski definition) is 3. The predicted molar refractivity (Wildman–Crippen MR) is 66.5 cm³/mol. The molecule has 0 saturated heterocycles. The van der Waals surface area contributed by atoms with E-state index in [1.165, 1.54) is 23.1 Å². The Bertz CT molecular complexity index is 417. The molecule has 0 bridgehead atoms. The minimum atomic E-state index is 0.219. The Hall–Kier alpha value is -1.06. The molecule has 1 atom stereocenters. The number of ether oxygens (including phenoxy) is 1. The van der Waals surface area contributed by atoms with Crippen LogP contribution in [0.2, 0.25) is 0 Å². The van der Waals surface area contributed by atoms with Crippen molar-refractivity contribution in [2.45, 2.75) is 31.7 Å². The summed E-state index contributed by atoms with van der Waals surface area (Å²) in [7, 11) is 0. The van der Waals surface area contributed by atoms with Crippen LogP contribution in [0.1, 0.15) is 23.1 Å². The third kappa shape index (κ3) is 2.17. The molecule has 1 aromatic carbocycles. The molecular formula is C14H19NO2. The van der Waals surface area contributed by atoms with Crippen LogP contribution < -0.4 is 10.1 Å². The Morgan fingerprint density at radius 1 is 1.24 bits per heavy atom. The summed E-state index contributed by atoms with van der Waals surface area (Å²) in [6.07, 6.45) is 4.44. The molecule has 0 saturated carbocycles. The molecule has 0 amide bonds. The summed E-state index contributed by atoms with van der Waals surface area (Å²) < 4.78 is 5.62. The molecule has 0 radical (unpaired) electrons. The van der Waals surface area contributed by atoms with Crippen molar-refractivity contribution in [1.29, 1.82) is 0 Å². The van der Waals surface area contributed by atoms with Crippen LogP contribution >= 0.6 is 0 Å². The molecule has 0 aromatic heterocycles. The average molecular weight is 233 g/mol. The molecule has 1 aromatic rings. The Morgan fingerprint density at radius 2 is 2.18 bits per heavy atom. The van der Waals surface area contributed by atoms with Crippen LogP contribution in [-0.2, 0) is 19.3 Å². The highest BCUT2D eigenvalue weighted by atomic mass is 16.5. The van der Waals surface area contributed by atoms with E-state index in [9.17, 15) is 0 Å². The maximum Gasteiger partial charge on any atom is 0.122 e. The molecular weight excluding hydrogens is 214 g/mol. The zero-order valence-electron chi connectivity index (χ0n) is 10.0. The summed E-state index contributed by atoms with van der Waals surface area (Å²) in [5.41, 5.74) is 4.30. The molecule has 3 rings (SSSR count). The highest BCUT2D eigenvalue weighted by Gasteiger charge is 2.22. The summed E-state index contributed by atoms with van der Waals surface area (Å²) in [6, 6.07) is 5.07. The van der Waals surface area contributed by atoms with Crippen molar-refractivity contribution in [2.24, 2.45) is 0 Å². The second-order valence-corrected chi connectivity index (χ2v) is 4.94. The largest absolute Gasteiger partial charge is 0.493 e. The first kappa shape index (κ1) is 11.1. The van der Waals surface area contributed by atoms with E-state index in [1.807, 2.05) is 0 Å². The van der Waals surface area contributed by atoms with Crippen molar-refractivity contribution in [3.05, 3.63) is 28.8 Å². The Labute approximate surface area is 102 Å². The Kier molecular flexibility index (Phi) is 3.04. The molecule has 92 valence electrons. The van der Waals surface area contributed by atoms with E-state index in [4.69, 9.17) is 9.84 Å². The highest BCUT2D eigenvalue weighted by molar-refractivity contribution is 5.46. The van der Waals surface area contributed by atoms with Gasteiger partial charge in [-0.05, 0) is 42.0 Å². The van der Waals surface area contributed by atoms with E-state index in [0.29, 0.717) is 12.6 Å². The fourth-order valence-electron chi connectivity index (χ4n) is 2.88. The number of benzene rings is 1. The van der Waals surface area contributed by atoms with Crippen LogP contribution in [0.5, 0.6) is 5.75 Å². The van der Waals surface area contributed by atoms with Crippen LogP contribution in [0.4, 0.5) is 0 Å². The molecule has 3 nitrogen and oxygen atoms in total. The van der Waals surface area contributed by atoms with Crippen LogP contribution in [0.3, 0.4) is 0 Å². The van der Waals surface area contributed by atoms with Gasteiger partial charge in [-0.2, -0.15) is 0 Å². The van der Waals surface area contributed by atoms with E-state index in [1.54, 1.807) is 0 Å². The van der Waals surface area contributed by atoms with E-state index in [-0.39, 0.29) is 6.61 Å². The summed E-state index contributed by atoms with van der Waals surface area (Å²) in [5.74, 6) is 1.09. The van der Waals surface area contributed by atoms with Gasteiger partial charge in [-0.25, -0.2) is 0 Å². The molecule has 1 aliphatic heterocycles. The molecule has 3 heteroatoms. The van der Waals surface area contributed by atoms with Gasteiger partial charge in [0.05, 0.1) is 13.2 Å². The van der Waals surface area contributed by atoms with Crippen molar-refractivity contribution in [1.82, 2.24) is 5.32 Å². The lowest BCUT2D eigenvalue weighted by molar-refractivity contribution is 0.280. The van der Waals surface area contributed by atoms with Crippen molar-refractivity contribution < 1.29 is 9.84 Å². The monoisotopic (exact) mass is 233 g/mol. The van der Waals surface area contributed by atoms with Crippen LogP contribution in [0, 0.1) is 0 Å². The van der Waals surface area contributed by atoms with Crippen molar-refractivity contribution >= 4 is 0 Å². The topological polar surface area (TPSA) is 41.5 Å². The Balaban J connectivity index is 1.78.